The number of hydrogen-bond donors (Lipinski definition) is 3. The molecule has 0 aromatic carbocycles. The highest BCUT2D eigenvalue weighted by Gasteiger charge is 2.09. The van der Waals surface area contributed by atoms with Crippen LogP contribution in [0.4, 0.5) is 17.3 Å². The van der Waals surface area contributed by atoms with Gasteiger partial charge in [0.25, 0.3) is 0 Å². The first-order valence-electron chi connectivity index (χ1n) is 8.07. The number of rotatable bonds is 4. The molecule has 0 spiro atoms. The van der Waals surface area contributed by atoms with Crippen molar-refractivity contribution in [2.45, 2.75) is 13.8 Å². The minimum absolute atomic E-state index is 0.108. The molecule has 4 N–H and O–H groups in total. The molecule has 0 saturated carbocycles. The van der Waals surface area contributed by atoms with E-state index < -0.39 is 0 Å². The first kappa shape index (κ1) is 17.8. The highest BCUT2D eigenvalue weighted by atomic mass is 32.2. The van der Waals surface area contributed by atoms with Gasteiger partial charge in [0, 0.05) is 18.3 Å². The average molecular weight is 365 g/mol. The molecule has 0 saturated heterocycles. The average Bonchev–Trinajstić information content (AvgIpc) is 2.63. The largest absolute Gasteiger partial charge is 0.378 e. The Kier molecular flexibility index (Phi) is 5.43. The number of hydrogen-bond acceptors (Lipinski definition) is 7. The van der Waals surface area contributed by atoms with Crippen LogP contribution in [0, 0.1) is 11.3 Å². The lowest BCUT2D eigenvalue weighted by atomic mass is 10.2. The minimum atomic E-state index is 0.108. The molecule has 0 aliphatic rings. The molecule has 26 heavy (non-hydrogen) atoms. The van der Waals surface area contributed by atoms with Crippen molar-refractivity contribution in [1.29, 1.82) is 5.41 Å². The molecule has 0 unspecified atom stereocenters. The lowest BCUT2D eigenvalue weighted by Crippen LogP contribution is -2.12. The van der Waals surface area contributed by atoms with Crippen LogP contribution in [0.25, 0.3) is 11.0 Å². The second kappa shape index (κ2) is 7.92. The quantitative estimate of drug-likeness (QED) is 0.474. The van der Waals surface area contributed by atoms with E-state index in [9.17, 15) is 0 Å². The van der Waals surface area contributed by atoms with Crippen LogP contribution in [-0.4, -0.2) is 25.2 Å². The molecule has 0 bridgehead atoms. The fraction of sp³-hybridized carbons (Fsp3) is 0.167. The minimum Gasteiger partial charge on any atom is -0.378 e. The zero-order valence-corrected chi connectivity index (χ0v) is 15.3. The molecule has 0 aliphatic heterocycles. The lowest BCUT2D eigenvalue weighted by molar-refractivity contribution is 0.895. The van der Waals surface area contributed by atoms with E-state index in [1.165, 1.54) is 0 Å². The van der Waals surface area contributed by atoms with Crippen LogP contribution >= 0.6 is 11.8 Å². The third kappa shape index (κ3) is 4.34. The molecule has 3 rings (SSSR count). The Morgan fingerprint density at radius 3 is 2.73 bits per heavy atom. The highest BCUT2D eigenvalue weighted by molar-refractivity contribution is 8.26. The summed E-state index contributed by atoms with van der Waals surface area (Å²) in [6, 6.07) is 11.1. The van der Waals surface area contributed by atoms with Gasteiger partial charge in [-0.05, 0) is 42.1 Å². The number of nitrogens with one attached hydrogen (secondary N) is 2. The van der Waals surface area contributed by atoms with Gasteiger partial charge in [0.15, 0.2) is 11.0 Å². The van der Waals surface area contributed by atoms with Crippen molar-refractivity contribution in [3.63, 3.8) is 0 Å². The number of aliphatic imine (C=N–C) groups is 1. The summed E-state index contributed by atoms with van der Waals surface area (Å²) in [6.07, 6.45) is 3.43. The molecule has 0 amide bonds. The topological polar surface area (TPSA) is 113 Å². The Morgan fingerprint density at radius 2 is 2.00 bits per heavy atom. The predicted octanol–water partition coefficient (Wildman–Crippen LogP) is 4.08. The summed E-state index contributed by atoms with van der Waals surface area (Å²) in [6.45, 7) is 3.89. The maximum atomic E-state index is 7.88. The van der Waals surface area contributed by atoms with E-state index in [0.29, 0.717) is 21.5 Å². The Labute approximate surface area is 155 Å². The van der Waals surface area contributed by atoms with Crippen LogP contribution < -0.4 is 11.1 Å². The van der Waals surface area contributed by atoms with E-state index in [1.807, 2.05) is 44.2 Å². The number of aromatic nitrogens is 3. The van der Waals surface area contributed by atoms with E-state index in [-0.39, 0.29) is 5.92 Å². The molecule has 0 fully saturated rings. The Morgan fingerprint density at radius 1 is 1.15 bits per heavy atom. The molecule has 3 heterocycles. The molecular formula is C18H19N7S. The number of thioether (sulfide) groups is 1. The van der Waals surface area contributed by atoms with Gasteiger partial charge in [-0.2, -0.15) is 0 Å². The summed E-state index contributed by atoms with van der Waals surface area (Å²) in [5.74, 6) is 1.30. The monoisotopic (exact) mass is 365 g/mol. The van der Waals surface area contributed by atoms with Crippen molar-refractivity contribution in [3.05, 3.63) is 48.8 Å². The van der Waals surface area contributed by atoms with Gasteiger partial charge in [-0.25, -0.2) is 15.0 Å². The number of nitrogens with zero attached hydrogens (tertiary/aromatic N) is 4. The fourth-order valence-corrected chi connectivity index (χ4v) is 2.72. The van der Waals surface area contributed by atoms with Gasteiger partial charge in [-0.1, -0.05) is 19.9 Å². The molecule has 8 heteroatoms. The molecule has 0 atom stereocenters. The second-order valence-electron chi connectivity index (χ2n) is 5.81. The van der Waals surface area contributed by atoms with Crippen molar-refractivity contribution in [2.75, 3.05) is 5.32 Å². The molecule has 0 aliphatic carbocycles. The summed E-state index contributed by atoms with van der Waals surface area (Å²) >= 11 is 1.14. The fourth-order valence-electron chi connectivity index (χ4n) is 2.12. The van der Waals surface area contributed by atoms with Crippen LogP contribution in [0.15, 0.2) is 53.8 Å². The number of anilines is 2. The van der Waals surface area contributed by atoms with Gasteiger partial charge in [0.2, 0.25) is 0 Å². The van der Waals surface area contributed by atoms with Crippen molar-refractivity contribution in [3.8, 4) is 0 Å². The smallest absolute Gasteiger partial charge is 0.166 e. The number of amidine groups is 1. The molecule has 0 radical (unpaired) electrons. The summed E-state index contributed by atoms with van der Waals surface area (Å²) in [4.78, 5) is 17.5. The van der Waals surface area contributed by atoms with Crippen LogP contribution in [-0.2, 0) is 0 Å². The molecular weight excluding hydrogens is 346 g/mol. The van der Waals surface area contributed by atoms with Crippen molar-refractivity contribution < 1.29 is 0 Å². The van der Waals surface area contributed by atoms with E-state index in [1.54, 1.807) is 18.5 Å². The maximum Gasteiger partial charge on any atom is 0.166 e. The van der Waals surface area contributed by atoms with Crippen LogP contribution in [0.3, 0.4) is 0 Å². The Balaban J connectivity index is 1.92. The highest BCUT2D eigenvalue weighted by Crippen LogP contribution is 2.25. The van der Waals surface area contributed by atoms with Crippen LogP contribution in [0.2, 0.25) is 0 Å². The summed E-state index contributed by atoms with van der Waals surface area (Å²) in [5, 5.41) is 11.9. The van der Waals surface area contributed by atoms with E-state index in [2.05, 4.69) is 25.3 Å². The zero-order valence-electron chi connectivity index (χ0n) is 14.5. The number of fused-ring (bicyclic) bond motifs is 1. The predicted molar refractivity (Wildman–Crippen MR) is 108 cm³/mol. The van der Waals surface area contributed by atoms with Gasteiger partial charge in [-0.15, -0.1) is 0 Å². The van der Waals surface area contributed by atoms with Crippen molar-refractivity contribution in [1.82, 2.24) is 15.0 Å². The molecule has 132 valence electrons. The van der Waals surface area contributed by atoms with Crippen LogP contribution in [0.1, 0.15) is 13.8 Å². The van der Waals surface area contributed by atoms with Crippen molar-refractivity contribution in [2.24, 2.45) is 16.6 Å². The number of pyridine rings is 3. The summed E-state index contributed by atoms with van der Waals surface area (Å²) in [5.41, 5.74) is 8.14. The van der Waals surface area contributed by atoms with Gasteiger partial charge in [0.1, 0.15) is 11.3 Å². The maximum absolute atomic E-state index is 7.88. The van der Waals surface area contributed by atoms with E-state index >= 15 is 0 Å². The molecule has 3 aromatic rings. The second-order valence-corrected chi connectivity index (χ2v) is 6.87. The summed E-state index contributed by atoms with van der Waals surface area (Å²) in [7, 11) is 0. The van der Waals surface area contributed by atoms with Gasteiger partial charge >= 0.3 is 0 Å². The molecule has 7 nitrogen and oxygen atoms in total. The Bertz CT molecular complexity index is 954. The van der Waals surface area contributed by atoms with Crippen LogP contribution in [0.5, 0.6) is 0 Å². The lowest BCUT2D eigenvalue weighted by Gasteiger charge is -2.09. The standard InChI is InChI=1S/C18H19N7S/c1-11(2)17(19)26-18(20)25-15-7-6-12-16(24-15)13(8-10-21-12)23-14-5-3-4-9-22-14/h3-11,19H,1-2H3,(H2,20,24,25)(H,21,22,23). The third-order valence-corrected chi connectivity index (χ3v) is 4.45. The van der Waals surface area contributed by atoms with E-state index in [0.717, 1.165) is 28.8 Å². The van der Waals surface area contributed by atoms with Crippen molar-refractivity contribution >= 4 is 50.3 Å². The number of nitrogens with two attached hydrogens (primary N) is 1. The van der Waals surface area contributed by atoms with Gasteiger partial charge < -0.3 is 11.1 Å². The van der Waals surface area contributed by atoms with Gasteiger partial charge in [0.05, 0.1) is 16.2 Å². The first-order valence-corrected chi connectivity index (χ1v) is 8.89. The third-order valence-electron chi connectivity index (χ3n) is 3.46. The zero-order chi connectivity index (χ0) is 18.5. The normalized spacial score (nSPS) is 11.7. The molecule has 3 aromatic heterocycles. The SMILES string of the molecule is CC(C)C(=N)SC(N)=Nc1ccc2nccc(Nc3ccccn3)c2n1. The van der Waals surface area contributed by atoms with Gasteiger partial charge in [-0.3, -0.25) is 10.4 Å². The first-order chi connectivity index (χ1) is 12.5. The Hall–Kier alpha value is -3.00. The van der Waals surface area contributed by atoms with E-state index in [4.69, 9.17) is 11.1 Å². The summed E-state index contributed by atoms with van der Waals surface area (Å²) < 4.78 is 0.